The molecule has 2 aromatic carbocycles. The molecule has 0 amide bonds. The molecule has 1 aromatic heterocycles. The fraction of sp³-hybridized carbons (Fsp3) is 0.0556. The molecule has 3 rings (SSSR count). The maximum atomic E-state index is 9.84. The zero-order valence-corrected chi connectivity index (χ0v) is 11.7. The van der Waals surface area contributed by atoms with Crippen LogP contribution in [0.4, 0.5) is 0 Å². The van der Waals surface area contributed by atoms with Crippen LogP contribution >= 0.6 is 0 Å². The summed E-state index contributed by atoms with van der Waals surface area (Å²) in [6.07, 6.45) is 3.90. The fourth-order valence-corrected chi connectivity index (χ4v) is 2.14. The Morgan fingerprint density at radius 2 is 1.76 bits per heavy atom. The van der Waals surface area contributed by atoms with Crippen molar-refractivity contribution in [3.63, 3.8) is 0 Å². The van der Waals surface area contributed by atoms with Gasteiger partial charge in [-0.15, -0.1) is 0 Å². The number of ether oxygens (including phenoxy) is 1. The SMILES string of the molecule is COc1ccc(/C=C/c2ccc3cccc(O)c3n2)cc1. The molecule has 0 saturated carbocycles. The molecule has 0 aliphatic rings. The van der Waals surface area contributed by atoms with Crippen LogP contribution in [-0.4, -0.2) is 17.2 Å². The molecule has 0 radical (unpaired) electrons. The highest BCUT2D eigenvalue weighted by atomic mass is 16.5. The number of pyridine rings is 1. The van der Waals surface area contributed by atoms with Crippen molar-refractivity contribution in [1.29, 1.82) is 0 Å². The number of para-hydroxylation sites is 1. The number of phenolic OH excluding ortho intramolecular Hbond substituents is 1. The lowest BCUT2D eigenvalue weighted by atomic mass is 10.1. The van der Waals surface area contributed by atoms with Crippen molar-refractivity contribution in [2.45, 2.75) is 0 Å². The summed E-state index contributed by atoms with van der Waals surface area (Å²) in [5.41, 5.74) is 2.49. The fourth-order valence-electron chi connectivity index (χ4n) is 2.14. The Morgan fingerprint density at radius 1 is 0.952 bits per heavy atom. The Hall–Kier alpha value is -2.81. The van der Waals surface area contributed by atoms with Crippen molar-refractivity contribution in [2.75, 3.05) is 7.11 Å². The smallest absolute Gasteiger partial charge is 0.141 e. The topological polar surface area (TPSA) is 42.4 Å². The van der Waals surface area contributed by atoms with E-state index in [4.69, 9.17) is 4.74 Å². The van der Waals surface area contributed by atoms with Crippen molar-refractivity contribution in [3.8, 4) is 11.5 Å². The average Bonchev–Trinajstić information content (AvgIpc) is 2.54. The molecule has 0 unspecified atom stereocenters. The average molecular weight is 277 g/mol. The summed E-state index contributed by atoms with van der Waals surface area (Å²) in [6.45, 7) is 0. The summed E-state index contributed by atoms with van der Waals surface area (Å²) in [4.78, 5) is 4.46. The number of aromatic nitrogens is 1. The predicted molar refractivity (Wildman–Crippen MR) is 85.3 cm³/mol. The minimum atomic E-state index is 0.201. The summed E-state index contributed by atoms with van der Waals surface area (Å²) in [5, 5.41) is 10.8. The number of nitrogens with zero attached hydrogens (tertiary/aromatic N) is 1. The van der Waals surface area contributed by atoms with E-state index >= 15 is 0 Å². The van der Waals surface area contributed by atoms with Crippen LogP contribution in [0.3, 0.4) is 0 Å². The van der Waals surface area contributed by atoms with E-state index in [0.717, 1.165) is 22.4 Å². The molecule has 21 heavy (non-hydrogen) atoms. The van der Waals surface area contributed by atoms with Crippen molar-refractivity contribution in [1.82, 2.24) is 4.98 Å². The summed E-state index contributed by atoms with van der Waals surface area (Å²) in [5.74, 6) is 1.04. The molecular weight excluding hydrogens is 262 g/mol. The van der Waals surface area contributed by atoms with Crippen LogP contribution in [0.25, 0.3) is 23.1 Å². The molecule has 3 nitrogen and oxygen atoms in total. The molecule has 0 aliphatic heterocycles. The highest BCUT2D eigenvalue weighted by Gasteiger charge is 2.00. The molecule has 3 heteroatoms. The summed E-state index contributed by atoms with van der Waals surface area (Å²) in [6, 6.07) is 17.1. The van der Waals surface area contributed by atoms with Crippen LogP contribution in [0.2, 0.25) is 0 Å². The van der Waals surface area contributed by atoms with Gasteiger partial charge in [-0.25, -0.2) is 4.98 Å². The van der Waals surface area contributed by atoms with E-state index < -0.39 is 0 Å². The van der Waals surface area contributed by atoms with E-state index in [1.165, 1.54) is 0 Å². The van der Waals surface area contributed by atoms with Gasteiger partial charge in [0.05, 0.1) is 12.8 Å². The lowest BCUT2D eigenvalue weighted by Crippen LogP contribution is -1.84. The van der Waals surface area contributed by atoms with Gasteiger partial charge < -0.3 is 9.84 Å². The maximum absolute atomic E-state index is 9.84. The maximum Gasteiger partial charge on any atom is 0.141 e. The molecule has 1 N–H and O–H groups in total. The Bertz CT molecular complexity index is 792. The molecule has 0 bridgehead atoms. The molecular formula is C18H15NO2. The predicted octanol–water partition coefficient (Wildman–Crippen LogP) is 4.12. The number of fused-ring (bicyclic) bond motifs is 1. The van der Waals surface area contributed by atoms with Crippen molar-refractivity contribution in [3.05, 3.63) is 65.9 Å². The first-order valence-corrected chi connectivity index (χ1v) is 6.67. The van der Waals surface area contributed by atoms with Gasteiger partial charge in [0.2, 0.25) is 0 Å². The number of phenols is 1. The van der Waals surface area contributed by atoms with Gasteiger partial charge in [-0.05, 0) is 35.9 Å². The number of rotatable bonds is 3. The molecule has 3 aromatic rings. The van der Waals surface area contributed by atoms with Gasteiger partial charge in [-0.1, -0.05) is 36.4 Å². The standard InChI is InChI=1S/C18H15NO2/c1-21-16-11-6-13(7-12-16)5-9-15-10-8-14-3-2-4-17(20)18(14)19-15/h2-12,20H,1H3/b9-5+. The minimum absolute atomic E-state index is 0.201. The quantitative estimate of drug-likeness (QED) is 0.783. The largest absolute Gasteiger partial charge is 0.506 e. The van der Waals surface area contributed by atoms with E-state index in [1.807, 2.05) is 60.7 Å². The first kappa shape index (κ1) is 13.2. The molecule has 0 spiro atoms. The van der Waals surface area contributed by atoms with Crippen molar-refractivity contribution in [2.24, 2.45) is 0 Å². The Morgan fingerprint density at radius 3 is 2.52 bits per heavy atom. The van der Waals surface area contributed by atoms with Crippen LogP contribution in [0.15, 0.2) is 54.6 Å². The third-order valence-electron chi connectivity index (χ3n) is 3.28. The van der Waals surface area contributed by atoms with Crippen LogP contribution in [0.5, 0.6) is 11.5 Å². The van der Waals surface area contributed by atoms with Crippen LogP contribution in [0, 0.1) is 0 Å². The third kappa shape index (κ3) is 2.87. The van der Waals surface area contributed by atoms with Gasteiger partial charge in [0.1, 0.15) is 17.0 Å². The van der Waals surface area contributed by atoms with Gasteiger partial charge in [0.15, 0.2) is 0 Å². The second-order valence-electron chi connectivity index (χ2n) is 4.69. The van der Waals surface area contributed by atoms with E-state index in [0.29, 0.717) is 5.52 Å². The minimum Gasteiger partial charge on any atom is -0.506 e. The summed E-state index contributed by atoms with van der Waals surface area (Å²) < 4.78 is 5.13. The first-order chi connectivity index (χ1) is 10.3. The zero-order valence-electron chi connectivity index (χ0n) is 11.7. The van der Waals surface area contributed by atoms with Gasteiger partial charge >= 0.3 is 0 Å². The van der Waals surface area contributed by atoms with E-state index in [9.17, 15) is 5.11 Å². The second-order valence-corrected chi connectivity index (χ2v) is 4.69. The monoisotopic (exact) mass is 277 g/mol. The normalized spacial score (nSPS) is 11.1. The van der Waals surface area contributed by atoms with Crippen molar-refractivity contribution >= 4 is 23.1 Å². The molecule has 0 saturated heterocycles. The third-order valence-corrected chi connectivity index (χ3v) is 3.28. The summed E-state index contributed by atoms with van der Waals surface area (Å²) >= 11 is 0. The number of hydrogen-bond acceptors (Lipinski definition) is 3. The lowest BCUT2D eigenvalue weighted by molar-refractivity contribution is 0.415. The number of aromatic hydroxyl groups is 1. The molecule has 1 heterocycles. The van der Waals surface area contributed by atoms with Crippen LogP contribution in [0.1, 0.15) is 11.3 Å². The number of benzene rings is 2. The summed E-state index contributed by atoms with van der Waals surface area (Å²) in [7, 11) is 1.65. The lowest BCUT2D eigenvalue weighted by Gasteiger charge is -2.01. The highest BCUT2D eigenvalue weighted by Crippen LogP contribution is 2.23. The van der Waals surface area contributed by atoms with E-state index in [1.54, 1.807) is 13.2 Å². The van der Waals surface area contributed by atoms with Gasteiger partial charge in [-0.3, -0.25) is 0 Å². The van der Waals surface area contributed by atoms with Gasteiger partial charge in [0.25, 0.3) is 0 Å². The van der Waals surface area contributed by atoms with E-state index in [2.05, 4.69) is 4.98 Å². The Kier molecular flexibility index (Phi) is 3.56. The number of hydrogen-bond donors (Lipinski definition) is 1. The molecule has 0 aliphatic carbocycles. The van der Waals surface area contributed by atoms with Crippen molar-refractivity contribution < 1.29 is 9.84 Å². The Balaban J connectivity index is 1.89. The molecule has 0 fully saturated rings. The first-order valence-electron chi connectivity index (χ1n) is 6.67. The zero-order chi connectivity index (χ0) is 14.7. The molecule has 0 atom stereocenters. The van der Waals surface area contributed by atoms with Crippen LogP contribution < -0.4 is 4.74 Å². The highest BCUT2D eigenvalue weighted by molar-refractivity contribution is 5.85. The number of methoxy groups -OCH3 is 1. The molecule has 104 valence electrons. The Labute approximate surface area is 123 Å². The van der Waals surface area contributed by atoms with Gasteiger partial charge in [0, 0.05) is 5.39 Å². The van der Waals surface area contributed by atoms with Crippen LogP contribution in [-0.2, 0) is 0 Å². The van der Waals surface area contributed by atoms with Gasteiger partial charge in [-0.2, -0.15) is 0 Å². The second kappa shape index (κ2) is 5.67. The van der Waals surface area contributed by atoms with E-state index in [-0.39, 0.29) is 5.75 Å².